The third kappa shape index (κ3) is 2.56. The molecule has 0 saturated heterocycles. The molecule has 1 heterocycles. The number of halogens is 1. The van der Waals surface area contributed by atoms with E-state index in [1.54, 1.807) is 0 Å². The maximum Gasteiger partial charge on any atom is 0.224 e. The fourth-order valence-electron chi connectivity index (χ4n) is 1.01. The van der Waals surface area contributed by atoms with E-state index in [0.29, 0.717) is 11.3 Å². The van der Waals surface area contributed by atoms with E-state index in [1.807, 2.05) is 13.8 Å². The van der Waals surface area contributed by atoms with Crippen LogP contribution in [-0.2, 0) is 0 Å². The average Bonchev–Trinajstić information content (AvgIpc) is 1.98. The highest BCUT2D eigenvalue weighted by molar-refractivity contribution is 6.28. The van der Waals surface area contributed by atoms with E-state index in [1.165, 1.54) is 0 Å². The smallest absolute Gasteiger partial charge is 0.224 e. The summed E-state index contributed by atoms with van der Waals surface area (Å²) in [4.78, 5) is 8.17. The molecule has 4 heteroatoms. The van der Waals surface area contributed by atoms with Crippen molar-refractivity contribution < 1.29 is 0 Å². The van der Waals surface area contributed by atoms with Crippen LogP contribution in [0.15, 0.2) is 0 Å². The fraction of sp³-hybridized carbons (Fsp3) is 0.556. The summed E-state index contributed by atoms with van der Waals surface area (Å²) in [5, 5.41) is 3.52. The SMILES string of the molecule is Cc1nc(Cl)nc(NC(C)C)c1C. The van der Waals surface area contributed by atoms with Gasteiger partial charge in [-0.3, -0.25) is 0 Å². The summed E-state index contributed by atoms with van der Waals surface area (Å²) in [5.41, 5.74) is 1.97. The van der Waals surface area contributed by atoms with Gasteiger partial charge in [-0.25, -0.2) is 9.97 Å². The minimum absolute atomic E-state index is 0.297. The lowest BCUT2D eigenvalue weighted by Crippen LogP contribution is -2.13. The van der Waals surface area contributed by atoms with Crippen molar-refractivity contribution in [2.75, 3.05) is 5.32 Å². The normalized spacial score (nSPS) is 10.6. The minimum atomic E-state index is 0.297. The molecule has 1 rings (SSSR count). The largest absolute Gasteiger partial charge is 0.368 e. The van der Waals surface area contributed by atoms with E-state index < -0.39 is 0 Å². The maximum absolute atomic E-state index is 5.74. The second-order valence-electron chi connectivity index (χ2n) is 3.35. The van der Waals surface area contributed by atoms with Gasteiger partial charge in [0.1, 0.15) is 5.82 Å². The molecule has 1 aromatic rings. The van der Waals surface area contributed by atoms with Crippen molar-refractivity contribution in [3.8, 4) is 0 Å². The van der Waals surface area contributed by atoms with Crippen molar-refractivity contribution in [3.05, 3.63) is 16.5 Å². The standard InChI is InChI=1S/C9H14ClN3/c1-5(2)11-8-6(3)7(4)12-9(10)13-8/h5H,1-4H3,(H,11,12,13). The van der Waals surface area contributed by atoms with Gasteiger partial charge in [0.25, 0.3) is 0 Å². The van der Waals surface area contributed by atoms with Gasteiger partial charge in [0, 0.05) is 17.3 Å². The molecular formula is C9H14ClN3. The second-order valence-corrected chi connectivity index (χ2v) is 3.69. The third-order valence-electron chi connectivity index (χ3n) is 1.79. The van der Waals surface area contributed by atoms with Gasteiger partial charge in [-0.05, 0) is 39.3 Å². The first-order valence-corrected chi connectivity index (χ1v) is 4.65. The number of hydrogen-bond donors (Lipinski definition) is 1. The Morgan fingerprint density at radius 3 is 2.38 bits per heavy atom. The topological polar surface area (TPSA) is 37.8 Å². The molecule has 0 bridgehead atoms. The fourth-order valence-corrected chi connectivity index (χ4v) is 1.22. The van der Waals surface area contributed by atoms with Crippen LogP contribution in [0.25, 0.3) is 0 Å². The Balaban J connectivity index is 3.05. The molecule has 0 fully saturated rings. The molecule has 0 aliphatic rings. The summed E-state index contributed by atoms with van der Waals surface area (Å²) in [6.07, 6.45) is 0. The molecule has 0 radical (unpaired) electrons. The third-order valence-corrected chi connectivity index (χ3v) is 1.96. The van der Waals surface area contributed by atoms with Crippen LogP contribution in [0.5, 0.6) is 0 Å². The molecular weight excluding hydrogens is 186 g/mol. The van der Waals surface area contributed by atoms with E-state index in [4.69, 9.17) is 11.6 Å². The monoisotopic (exact) mass is 199 g/mol. The first-order valence-electron chi connectivity index (χ1n) is 4.28. The van der Waals surface area contributed by atoms with Crippen LogP contribution < -0.4 is 5.32 Å². The molecule has 0 saturated carbocycles. The molecule has 1 aromatic heterocycles. The number of aryl methyl sites for hydroxylation is 1. The Hall–Kier alpha value is -0.830. The first kappa shape index (κ1) is 10.3. The predicted molar refractivity (Wildman–Crippen MR) is 55.3 cm³/mol. The molecule has 1 N–H and O–H groups in total. The van der Waals surface area contributed by atoms with Gasteiger partial charge in [0.05, 0.1) is 0 Å². The Labute approximate surface area is 83.5 Å². The van der Waals surface area contributed by atoms with Gasteiger partial charge < -0.3 is 5.32 Å². The molecule has 0 amide bonds. The maximum atomic E-state index is 5.74. The van der Waals surface area contributed by atoms with Gasteiger partial charge in [-0.15, -0.1) is 0 Å². The lowest BCUT2D eigenvalue weighted by atomic mass is 10.2. The summed E-state index contributed by atoms with van der Waals surface area (Å²) >= 11 is 5.74. The number of rotatable bonds is 2. The van der Waals surface area contributed by atoms with Crippen LogP contribution in [0, 0.1) is 13.8 Å². The van der Waals surface area contributed by atoms with E-state index >= 15 is 0 Å². The minimum Gasteiger partial charge on any atom is -0.368 e. The molecule has 13 heavy (non-hydrogen) atoms. The molecule has 0 aliphatic heterocycles. The Morgan fingerprint density at radius 1 is 1.23 bits per heavy atom. The number of nitrogens with zero attached hydrogens (tertiary/aromatic N) is 2. The van der Waals surface area contributed by atoms with Crippen LogP contribution in [0.2, 0.25) is 5.28 Å². The molecule has 0 spiro atoms. The highest BCUT2D eigenvalue weighted by Crippen LogP contribution is 2.17. The van der Waals surface area contributed by atoms with Gasteiger partial charge in [0.2, 0.25) is 5.28 Å². The van der Waals surface area contributed by atoms with Crippen LogP contribution in [-0.4, -0.2) is 16.0 Å². The summed E-state index contributed by atoms with van der Waals surface area (Å²) in [5.74, 6) is 0.826. The molecule has 0 unspecified atom stereocenters. The van der Waals surface area contributed by atoms with E-state index in [2.05, 4.69) is 29.1 Å². The quantitative estimate of drug-likeness (QED) is 0.744. The van der Waals surface area contributed by atoms with E-state index in [0.717, 1.165) is 17.1 Å². The lowest BCUT2D eigenvalue weighted by molar-refractivity contribution is 0.879. The van der Waals surface area contributed by atoms with Crippen molar-refractivity contribution in [1.29, 1.82) is 0 Å². The molecule has 0 aliphatic carbocycles. The van der Waals surface area contributed by atoms with Crippen molar-refractivity contribution >= 4 is 17.4 Å². The number of aromatic nitrogens is 2. The second kappa shape index (κ2) is 3.92. The van der Waals surface area contributed by atoms with Crippen LogP contribution >= 0.6 is 11.6 Å². The number of hydrogen-bond acceptors (Lipinski definition) is 3. The zero-order valence-corrected chi connectivity index (χ0v) is 9.11. The molecule has 72 valence electrons. The van der Waals surface area contributed by atoms with Crippen molar-refractivity contribution in [3.63, 3.8) is 0 Å². The number of nitrogens with one attached hydrogen (secondary N) is 1. The first-order chi connectivity index (χ1) is 6.00. The highest BCUT2D eigenvalue weighted by atomic mass is 35.5. The van der Waals surface area contributed by atoms with Crippen LogP contribution in [0.3, 0.4) is 0 Å². The highest BCUT2D eigenvalue weighted by Gasteiger charge is 2.06. The van der Waals surface area contributed by atoms with Crippen molar-refractivity contribution in [1.82, 2.24) is 9.97 Å². The van der Waals surface area contributed by atoms with Gasteiger partial charge >= 0.3 is 0 Å². The van der Waals surface area contributed by atoms with Crippen LogP contribution in [0.1, 0.15) is 25.1 Å². The summed E-state index contributed by atoms with van der Waals surface area (Å²) in [6, 6.07) is 0.351. The Kier molecular flexibility index (Phi) is 3.09. The van der Waals surface area contributed by atoms with Gasteiger partial charge in [0.15, 0.2) is 0 Å². The van der Waals surface area contributed by atoms with E-state index in [-0.39, 0.29) is 0 Å². The van der Waals surface area contributed by atoms with Crippen molar-refractivity contribution in [2.45, 2.75) is 33.7 Å². The predicted octanol–water partition coefficient (Wildman–Crippen LogP) is 2.57. The summed E-state index contributed by atoms with van der Waals surface area (Å²) in [6.45, 7) is 8.03. The number of anilines is 1. The Morgan fingerprint density at radius 2 is 1.85 bits per heavy atom. The summed E-state index contributed by atoms with van der Waals surface area (Å²) < 4.78 is 0. The van der Waals surface area contributed by atoms with Gasteiger partial charge in [-0.2, -0.15) is 0 Å². The van der Waals surface area contributed by atoms with Crippen LogP contribution in [0.4, 0.5) is 5.82 Å². The summed E-state index contributed by atoms with van der Waals surface area (Å²) in [7, 11) is 0. The lowest BCUT2D eigenvalue weighted by Gasteiger charge is -2.12. The molecule has 0 atom stereocenters. The Bertz CT molecular complexity index is 310. The zero-order chi connectivity index (χ0) is 10.0. The average molecular weight is 200 g/mol. The molecule has 3 nitrogen and oxygen atoms in total. The van der Waals surface area contributed by atoms with Gasteiger partial charge in [-0.1, -0.05) is 0 Å². The zero-order valence-electron chi connectivity index (χ0n) is 8.35. The van der Waals surface area contributed by atoms with Crippen molar-refractivity contribution in [2.24, 2.45) is 0 Å². The van der Waals surface area contributed by atoms with E-state index in [9.17, 15) is 0 Å². The molecule has 0 aromatic carbocycles.